The van der Waals surface area contributed by atoms with Crippen LogP contribution in [0.25, 0.3) is 0 Å². The molecule has 0 saturated heterocycles. The fourth-order valence-electron chi connectivity index (χ4n) is 0.827. The van der Waals surface area contributed by atoms with Crippen molar-refractivity contribution in [2.45, 2.75) is 6.92 Å². The van der Waals surface area contributed by atoms with Gasteiger partial charge in [-0.25, -0.2) is 4.79 Å². The van der Waals surface area contributed by atoms with Crippen LogP contribution >= 0.6 is 0 Å². The summed E-state index contributed by atoms with van der Waals surface area (Å²) in [6.07, 6.45) is 0.934. The van der Waals surface area contributed by atoms with E-state index >= 15 is 0 Å². The zero-order valence-corrected chi connectivity index (χ0v) is 7.43. The van der Waals surface area contributed by atoms with E-state index in [-0.39, 0.29) is 0 Å². The molecule has 0 spiro atoms. The third-order valence-corrected chi connectivity index (χ3v) is 1.39. The van der Waals surface area contributed by atoms with Crippen LogP contribution in [-0.4, -0.2) is 18.9 Å². The second kappa shape index (κ2) is 5.09. The maximum Gasteiger partial charge on any atom is 0.433 e. The van der Waals surface area contributed by atoms with Gasteiger partial charge in [-0.05, 0) is 12.5 Å². The maximum absolute atomic E-state index is 10.8. The van der Waals surface area contributed by atoms with Gasteiger partial charge in [-0.15, -0.1) is 0 Å². The third-order valence-electron chi connectivity index (χ3n) is 1.39. The Morgan fingerprint density at radius 2 is 2.15 bits per heavy atom. The van der Waals surface area contributed by atoms with Gasteiger partial charge in [0, 0.05) is 6.21 Å². The van der Waals surface area contributed by atoms with Gasteiger partial charge in [-0.1, -0.05) is 30.3 Å². The zero-order valence-electron chi connectivity index (χ0n) is 7.43. The number of hydrogen-bond acceptors (Lipinski definition) is 2. The molecular formula is C10H11NO2. The molecule has 0 N–H and O–H groups in total. The fraction of sp³-hybridized carbons (Fsp3) is 0.200. The summed E-state index contributed by atoms with van der Waals surface area (Å²) in [5.41, 5.74) is 0.885. The largest absolute Gasteiger partial charge is 0.448 e. The number of benzene rings is 1. The Kier molecular flexibility index (Phi) is 3.70. The molecule has 0 heterocycles. The average Bonchev–Trinajstić information content (AvgIpc) is 2.17. The first-order valence-corrected chi connectivity index (χ1v) is 4.09. The van der Waals surface area contributed by atoms with Crippen molar-refractivity contribution in [2.24, 2.45) is 4.99 Å². The van der Waals surface area contributed by atoms with Gasteiger partial charge in [0.15, 0.2) is 0 Å². The topological polar surface area (TPSA) is 38.7 Å². The van der Waals surface area contributed by atoms with Crippen LogP contribution in [0.2, 0.25) is 0 Å². The summed E-state index contributed by atoms with van der Waals surface area (Å²) in [5.74, 6) is 0. The molecule has 13 heavy (non-hydrogen) atoms. The van der Waals surface area contributed by atoms with Crippen LogP contribution in [0, 0.1) is 0 Å². The van der Waals surface area contributed by atoms with Crippen LogP contribution in [0.5, 0.6) is 0 Å². The third kappa shape index (κ3) is 3.51. The maximum atomic E-state index is 10.8. The van der Waals surface area contributed by atoms with Gasteiger partial charge >= 0.3 is 6.09 Å². The lowest BCUT2D eigenvalue weighted by Crippen LogP contribution is -1.97. The van der Waals surface area contributed by atoms with Crippen molar-refractivity contribution in [3.63, 3.8) is 0 Å². The molecule has 68 valence electrons. The highest BCUT2D eigenvalue weighted by atomic mass is 16.5. The average molecular weight is 177 g/mol. The summed E-state index contributed by atoms with van der Waals surface area (Å²) in [5, 5.41) is 0. The first-order valence-electron chi connectivity index (χ1n) is 4.09. The van der Waals surface area contributed by atoms with Gasteiger partial charge < -0.3 is 4.74 Å². The van der Waals surface area contributed by atoms with E-state index in [0.717, 1.165) is 5.56 Å². The molecule has 1 rings (SSSR count). The van der Waals surface area contributed by atoms with E-state index in [1.807, 2.05) is 30.3 Å². The molecule has 1 aromatic rings. The van der Waals surface area contributed by atoms with E-state index < -0.39 is 6.09 Å². The van der Waals surface area contributed by atoms with E-state index in [4.69, 9.17) is 0 Å². The Bertz CT molecular complexity index is 293. The number of amides is 1. The van der Waals surface area contributed by atoms with Crippen molar-refractivity contribution in [1.29, 1.82) is 0 Å². The molecule has 0 atom stereocenters. The summed E-state index contributed by atoms with van der Waals surface area (Å²) in [4.78, 5) is 14.4. The van der Waals surface area contributed by atoms with Gasteiger partial charge in [-0.2, -0.15) is 4.99 Å². The Labute approximate surface area is 77.1 Å². The van der Waals surface area contributed by atoms with E-state index in [9.17, 15) is 4.79 Å². The number of ether oxygens (including phenoxy) is 1. The normalized spacial score (nSPS) is 10.2. The predicted octanol–water partition coefficient (Wildman–Crippen LogP) is 2.26. The van der Waals surface area contributed by atoms with Crippen LogP contribution in [0.15, 0.2) is 35.3 Å². The number of rotatable bonds is 2. The first-order chi connectivity index (χ1) is 6.33. The molecule has 0 fully saturated rings. The highest BCUT2D eigenvalue weighted by Crippen LogP contribution is 1.94. The van der Waals surface area contributed by atoms with E-state index in [2.05, 4.69) is 9.73 Å². The zero-order chi connectivity index (χ0) is 9.52. The number of aliphatic imine (C=N–C) groups is 1. The van der Waals surface area contributed by atoms with Crippen LogP contribution in [0.3, 0.4) is 0 Å². The SMILES string of the molecule is CCOC(=O)/N=C/c1ccccc1. The molecular weight excluding hydrogens is 166 g/mol. The summed E-state index contributed by atoms with van der Waals surface area (Å²) in [7, 11) is 0. The first kappa shape index (κ1) is 9.45. The van der Waals surface area contributed by atoms with Crippen molar-refractivity contribution >= 4 is 12.3 Å². The number of nitrogens with zero attached hydrogens (tertiary/aromatic N) is 1. The highest BCUT2D eigenvalue weighted by Gasteiger charge is 1.93. The van der Waals surface area contributed by atoms with Crippen molar-refractivity contribution < 1.29 is 9.53 Å². The number of hydrogen-bond donors (Lipinski definition) is 0. The minimum Gasteiger partial charge on any atom is -0.448 e. The van der Waals surface area contributed by atoms with Crippen LogP contribution in [0.1, 0.15) is 12.5 Å². The van der Waals surface area contributed by atoms with Gasteiger partial charge in [0.1, 0.15) is 0 Å². The van der Waals surface area contributed by atoms with E-state index in [1.54, 1.807) is 6.92 Å². The Hall–Kier alpha value is -1.64. The van der Waals surface area contributed by atoms with Gasteiger partial charge in [-0.3, -0.25) is 0 Å². The quantitative estimate of drug-likeness (QED) is 0.650. The molecule has 0 aliphatic rings. The minimum absolute atomic E-state index is 0.352. The second-order valence-electron chi connectivity index (χ2n) is 2.37. The molecule has 1 amide bonds. The molecule has 0 aliphatic carbocycles. The Balaban J connectivity index is 2.54. The monoisotopic (exact) mass is 177 g/mol. The molecule has 3 nitrogen and oxygen atoms in total. The van der Waals surface area contributed by atoms with Crippen LogP contribution in [-0.2, 0) is 4.74 Å². The molecule has 3 heteroatoms. The lowest BCUT2D eigenvalue weighted by molar-refractivity contribution is 0.164. The molecule has 0 bridgehead atoms. The summed E-state index contributed by atoms with van der Waals surface area (Å²) >= 11 is 0. The van der Waals surface area contributed by atoms with Crippen LogP contribution in [0.4, 0.5) is 4.79 Å². The summed E-state index contributed by atoms with van der Waals surface area (Å²) in [6, 6.07) is 9.40. The highest BCUT2D eigenvalue weighted by molar-refractivity contribution is 5.88. The van der Waals surface area contributed by atoms with Crippen LogP contribution < -0.4 is 0 Å². The minimum atomic E-state index is -0.550. The molecule has 0 aromatic heterocycles. The van der Waals surface area contributed by atoms with Crippen molar-refractivity contribution in [2.75, 3.05) is 6.61 Å². The van der Waals surface area contributed by atoms with E-state index in [1.165, 1.54) is 6.21 Å². The van der Waals surface area contributed by atoms with Gasteiger partial charge in [0.2, 0.25) is 0 Å². The lowest BCUT2D eigenvalue weighted by atomic mass is 10.2. The summed E-state index contributed by atoms with van der Waals surface area (Å²) < 4.78 is 4.63. The van der Waals surface area contributed by atoms with E-state index in [0.29, 0.717) is 6.61 Å². The standard InChI is InChI=1S/C10H11NO2/c1-2-13-10(12)11-8-9-6-4-3-5-7-9/h3-8H,2H2,1H3/b11-8+. The smallest absolute Gasteiger partial charge is 0.433 e. The molecule has 1 aromatic carbocycles. The van der Waals surface area contributed by atoms with Gasteiger partial charge in [0.05, 0.1) is 6.61 Å². The number of carbonyl (C=O) groups excluding carboxylic acids is 1. The lowest BCUT2D eigenvalue weighted by Gasteiger charge is -1.93. The summed E-state index contributed by atoms with van der Waals surface area (Å²) in [6.45, 7) is 2.10. The van der Waals surface area contributed by atoms with Crippen molar-refractivity contribution in [1.82, 2.24) is 0 Å². The molecule has 0 radical (unpaired) electrons. The van der Waals surface area contributed by atoms with Gasteiger partial charge in [0.25, 0.3) is 0 Å². The molecule has 0 saturated carbocycles. The number of carbonyl (C=O) groups is 1. The molecule has 0 aliphatic heterocycles. The Morgan fingerprint density at radius 1 is 1.46 bits per heavy atom. The van der Waals surface area contributed by atoms with Crippen molar-refractivity contribution in [3.8, 4) is 0 Å². The second-order valence-corrected chi connectivity index (χ2v) is 2.37. The molecule has 0 unspecified atom stereocenters. The van der Waals surface area contributed by atoms with Crippen molar-refractivity contribution in [3.05, 3.63) is 35.9 Å². The fourth-order valence-corrected chi connectivity index (χ4v) is 0.827. The predicted molar refractivity (Wildman–Crippen MR) is 51.1 cm³/mol. The Morgan fingerprint density at radius 3 is 2.77 bits per heavy atom.